The van der Waals surface area contributed by atoms with Crippen LogP contribution < -0.4 is 15.9 Å². The van der Waals surface area contributed by atoms with Crippen LogP contribution in [0.3, 0.4) is 0 Å². The molecule has 0 saturated heterocycles. The van der Waals surface area contributed by atoms with Gasteiger partial charge in [0.2, 0.25) is 0 Å². The Kier molecular flexibility index (Phi) is 4.90. The van der Waals surface area contributed by atoms with Gasteiger partial charge in [-0.15, -0.1) is 0 Å². The average Bonchev–Trinajstić information content (AvgIpc) is 2.59. The van der Waals surface area contributed by atoms with Crippen LogP contribution >= 0.6 is 29.9 Å². The highest BCUT2D eigenvalue weighted by Gasteiger charge is 2.46. The molecule has 0 radical (unpaired) electrons. The number of rotatable bonds is 4. The van der Waals surface area contributed by atoms with Gasteiger partial charge >= 0.3 is 0 Å². The molecule has 0 spiro atoms. The molecule has 0 aromatic heterocycles. The van der Waals surface area contributed by atoms with E-state index in [1.54, 1.807) is 12.1 Å². The van der Waals surface area contributed by atoms with Crippen LogP contribution in [-0.4, -0.2) is 4.17 Å². The second-order valence-corrected chi connectivity index (χ2v) is 10.5. The van der Waals surface area contributed by atoms with Crippen molar-refractivity contribution in [2.75, 3.05) is 4.17 Å². The molecule has 0 aliphatic rings. The molecule has 0 amide bonds. The molecule has 0 bridgehead atoms. The Morgan fingerprint density at radius 1 is 0.682 bits per heavy atom. The van der Waals surface area contributed by atoms with E-state index in [0.29, 0.717) is 0 Å². The van der Waals surface area contributed by atoms with Crippen molar-refractivity contribution in [1.29, 1.82) is 0 Å². The van der Waals surface area contributed by atoms with Crippen LogP contribution in [0.4, 0.5) is 4.39 Å². The van der Waals surface area contributed by atoms with Gasteiger partial charge in [-0.2, -0.15) is 0 Å². The van der Waals surface area contributed by atoms with Crippen molar-refractivity contribution in [1.82, 2.24) is 0 Å². The summed E-state index contributed by atoms with van der Waals surface area (Å²) in [5, 5.41) is 3.28. The summed E-state index contributed by atoms with van der Waals surface area (Å²) in [6, 6.07) is 27.9. The monoisotopic (exact) mass is 421 g/mol. The quantitative estimate of drug-likeness (QED) is 0.331. The van der Waals surface area contributed by atoms with Crippen molar-refractivity contribution < 1.29 is 4.39 Å². The van der Waals surface area contributed by atoms with Gasteiger partial charge in [-0.1, -0.05) is 48.5 Å². The van der Waals surface area contributed by atoms with E-state index in [1.165, 1.54) is 10.6 Å². The number of hydrogen-bond acceptors (Lipinski definition) is 0. The van der Waals surface area contributed by atoms with Crippen LogP contribution in [0, 0.1) is 5.82 Å². The smallest absolute Gasteiger partial charge is 0.166 e. The topological polar surface area (TPSA) is 0 Å². The highest BCUT2D eigenvalue weighted by atomic mass is 127. The molecule has 0 aliphatic heterocycles. The van der Waals surface area contributed by atoms with Gasteiger partial charge in [0.05, 0.1) is 0 Å². The summed E-state index contributed by atoms with van der Waals surface area (Å²) in [4.78, 5) is 0. The molecule has 0 N–H and O–H groups in total. The third kappa shape index (κ3) is 2.70. The predicted octanol–water partition coefficient (Wildman–Crippen LogP) is 4.51. The van der Waals surface area contributed by atoms with Crippen LogP contribution in [-0.2, 0) is 0 Å². The number of alkyl halides is 1. The fourth-order valence-corrected chi connectivity index (χ4v) is 9.62. The van der Waals surface area contributed by atoms with Crippen LogP contribution in [0.5, 0.6) is 0 Å². The van der Waals surface area contributed by atoms with Gasteiger partial charge in [0.1, 0.15) is 27.3 Å². The van der Waals surface area contributed by atoms with E-state index in [4.69, 9.17) is 0 Å². The second kappa shape index (κ2) is 6.89. The molecule has 0 atom stereocenters. The van der Waals surface area contributed by atoms with Gasteiger partial charge in [-0.05, 0) is 59.0 Å². The molecule has 0 saturated carbocycles. The highest BCUT2D eigenvalue weighted by molar-refractivity contribution is 14.1. The maximum Gasteiger partial charge on any atom is 0.166 e. The molecule has 3 rings (SSSR count). The lowest BCUT2D eigenvalue weighted by atomic mass is 10.3. The zero-order chi connectivity index (χ0) is 15.4. The highest BCUT2D eigenvalue weighted by Crippen LogP contribution is 2.57. The van der Waals surface area contributed by atoms with E-state index in [1.807, 2.05) is 48.5 Å². The molecule has 0 unspecified atom stereocenters. The molecule has 3 heteroatoms. The summed E-state index contributed by atoms with van der Waals surface area (Å²) in [7, 11) is -1.96. The molecule has 22 heavy (non-hydrogen) atoms. The predicted molar refractivity (Wildman–Crippen MR) is 104 cm³/mol. The third-order valence-corrected chi connectivity index (χ3v) is 10.8. The number of hydrogen-bond donors (Lipinski definition) is 0. The van der Waals surface area contributed by atoms with E-state index in [0.717, 1.165) is 9.47 Å². The Hall–Kier alpha value is -1.25. The van der Waals surface area contributed by atoms with Crippen molar-refractivity contribution in [3.63, 3.8) is 0 Å². The van der Waals surface area contributed by atoms with Gasteiger partial charge in [-0.3, -0.25) is 0 Å². The van der Waals surface area contributed by atoms with Gasteiger partial charge in [-0.25, -0.2) is 4.39 Å². The first-order valence-corrected chi connectivity index (χ1v) is 10.6. The summed E-state index contributed by atoms with van der Waals surface area (Å²) >= 11 is 2.41. The molecule has 110 valence electrons. The standard InChI is InChI=1S/C19H16FIP/c20-18-13-7-8-14-19(18)22(15-21,16-9-3-1-4-10-16)17-11-5-2-6-12-17/h1-14H,15H2/q+1. The van der Waals surface area contributed by atoms with Crippen molar-refractivity contribution in [3.8, 4) is 0 Å². The summed E-state index contributed by atoms with van der Waals surface area (Å²) in [5.74, 6) is -0.111. The Bertz CT molecular complexity index is 704. The van der Waals surface area contributed by atoms with Crippen LogP contribution in [0.1, 0.15) is 0 Å². The van der Waals surface area contributed by atoms with Gasteiger partial charge < -0.3 is 0 Å². The molecule has 0 aliphatic carbocycles. The largest absolute Gasteiger partial charge is 0.203 e. The Labute approximate surface area is 144 Å². The van der Waals surface area contributed by atoms with Crippen LogP contribution in [0.2, 0.25) is 0 Å². The fraction of sp³-hybridized carbons (Fsp3) is 0.0526. The minimum atomic E-state index is -1.96. The molecular weight excluding hydrogens is 405 g/mol. The van der Waals surface area contributed by atoms with Crippen LogP contribution in [0.15, 0.2) is 84.9 Å². The molecule has 0 heterocycles. The maximum atomic E-state index is 14.7. The van der Waals surface area contributed by atoms with E-state index in [-0.39, 0.29) is 5.82 Å². The molecule has 0 nitrogen and oxygen atoms in total. The molecule has 3 aromatic carbocycles. The second-order valence-electron chi connectivity index (χ2n) is 5.05. The van der Waals surface area contributed by atoms with Crippen molar-refractivity contribution in [2.24, 2.45) is 0 Å². The van der Waals surface area contributed by atoms with Gasteiger partial charge in [0.15, 0.2) is 5.82 Å². The maximum absolute atomic E-state index is 14.7. The first-order valence-electron chi connectivity index (χ1n) is 7.09. The average molecular weight is 421 g/mol. The van der Waals surface area contributed by atoms with Crippen molar-refractivity contribution in [2.45, 2.75) is 0 Å². The Balaban J connectivity index is 2.34. The van der Waals surface area contributed by atoms with E-state index in [9.17, 15) is 4.39 Å². The van der Waals surface area contributed by atoms with Crippen LogP contribution in [0.25, 0.3) is 0 Å². The zero-order valence-corrected chi connectivity index (χ0v) is 15.0. The van der Waals surface area contributed by atoms with E-state index >= 15 is 0 Å². The molecule has 3 aromatic rings. The molecular formula is C19H16FIP+. The van der Waals surface area contributed by atoms with Crippen molar-refractivity contribution >= 4 is 45.8 Å². The van der Waals surface area contributed by atoms with E-state index in [2.05, 4.69) is 46.9 Å². The SMILES string of the molecule is Fc1ccccc1[P+](CI)(c1ccccc1)c1ccccc1. The minimum absolute atomic E-state index is 0.111. The summed E-state index contributed by atoms with van der Waals surface area (Å²) < 4.78 is 15.5. The lowest BCUT2D eigenvalue weighted by Gasteiger charge is -2.25. The lowest BCUT2D eigenvalue weighted by molar-refractivity contribution is 0.636. The number of benzene rings is 3. The zero-order valence-electron chi connectivity index (χ0n) is 12.0. The first-order chi connectivity index (χ1) is 10.8. The Morgan fingerprint density at radius 3 is 1.59 bits per heavy atom. The normalized spacial score (nSPS) is 11.4. The van der Waals surface area contributed by atoms with Gasteiger partial charge in [0.25, 0.3) is 0 Å². The first kappa shape index (κ1) is 15.6. The Morgan fingerprint density at radius 2 is 1.14 bits per heavy atom. The lowest BCUT2D eigenvalue weighted by Crippen LogP contribution is -2.33. The summed E-state index contributed by atoms with van der Waals surface area (Å²) in [6.45, 7) is 0. The number of halogens is 2. The fourth-order valence-electron chi connectivity index (χ4n) is 2.76. The summed E-state index contributed by atoms with van der Waals surface area (Å²) in [5.41, 5.74) is 0. The van der Waals surface area contributed by atoms with E-state index < -0.39 is 7.26 Å². The third-order valence-electron chi connectivity index (χ3n) is 3.84. The molecule has 0 fully saturated rings. The summed E-state index contributed by atoms with van der Waals surface area (Å²) in [6.07, 6.45) is 0. The van der Waals surface area contributed by atoms with Crippen molar-refractivity contribution in [3.05, 3.63) is 90.7 Å². The minimum Gasteiger partial charge on any atom is -0.203 e. The van der Waals surface area contributed by atoms with Gasteiger partial charge in [0, 0.05) is 0 Å².